The largest absolute Gasteiger partial charge is 0.481 e. The van der Waals surface area contributed by atoms with Crippen LogP contribution in [0.1, 0.15) is 19.0 Å². The van der Waals surface area contributed by atoms with E-state index in [0.717, 1.165) is 22.1 Å². The zero-order valence-electron chi connectivity index (χ0n) is 10.9. The van der Waals surface area contributed by atoms with E-state index >= 15 is 0 Å². The highest BCUT2D eigenvalue weighted by molar-refractivity contribution is 14.1. The Bertz CT molecular complexity index is 589. The highest BCUT2D eigenvalue weighted by atomic mass is 127. The van der Waals surface area contributed by atoms with Crippen molar-refractivity contribution in [1.29, 1.82) is 0 Å². The minimum atomic E-state index is 0.499. The van der Waals surface area contributed by atoms with Gasteiger partial charge in [-0.05, 0) is 35.1 Å². The van der Waals surface area contributed by atoms with Gasteiger partial charge in [0.2, 0.25) is 5.88 Å². The lowest BCUT2D eigenvalue weighted by Crippen LogP contribution is -2.05. The predicted molar refractivity (Wildman–Crippen MR) is 82.9 cm³/mol. The highest BCUT2D eigenvalue weighted by Gasteiger charge is 2.12. The summed E-state index contributed by atoms with van der Waals surface area (Å²) in [5, 5.41) is 0. The average molecular weight is 370 g/mol. The van der Waals surface area contributed by atoms with Crippen LogP contribution in [-0.4, -0.2) is 22.1 Å². The molecule has 0 fully saturated rings. The van der Waals surface area contributed by atoms with E-state index in [1.54, 1.807) is 13.2 Å². The molecular formula is C13H15IN4O. The summed E-state index contributed by atoms with van der Waals surface area (Å²) in [4.78, 5) is 13.2. The van der Waals surface area contributed by atoms with Gasteiger partial charge in [-0.3, -0.25) is 0 Å². The molecule has 2 rings (SSSR count). The molecule has 0 radical (unpaired) electrons. The molecule has 5 nitrogen and oxygen atoms in total. The molecule has 2 N–H and O–H groups in total. The van der Waals surface area contributed by atoms with Crippen molar-refractivity contribution < 1.29 is 4.74 Å². The zero-order chi connectivity index (χ0) is 13.8. The van der Waals surface area contributed by atoms with Gasteiger partial charge in [0, 0.05) is 6.07 Å². The van der Waals surface area contributed by atoms with Gasteiger partial charge in [0.05, 0.1) is 16.4 Å². The van der Waals surface area contributed by atoms with E-state index in [1.807, 2.05) is 12.1 Å². The molecule has 0 aliphatic heterocycles. The van der Waals surface area contributed by atoms with Crippen LogP contribution in [0.4, 0.5) is 5.82 Å². The first kappa shape index (κ1) is 14.0. The van der Waals surface area contributed by atoms with Crippen molar-refractivity contribution in [2.45, 2.75) is 19.8 Å². The first-order chi connectivity index (χ1) is 9.15. The normalized spacial score (nSPS) is 10.5. The van der Waals surface area contributed by atoms with Crippen LogP contribution < -0.4 is 10.5 Å². The molecule has 0 aliphatic rings. The van der Waals surface area contributed by atoms with E-state index in [0.29, 0.717) is 23.2 Å². The number of ether oxygens (including phenoxy) is 1. The molecule has 6 heteroatoms. The first-order valence-electron chi connectivity index (χ1n) is 5.99. The van der Waals surface area contributed by atoms with Crippen molar-refractivity contribution in [3.63, 3.8) is 0 Å². The molecule has 100 valence electrons. The molecular weight excluding hydrogens is 355 g/mol. The maximum Gasteiger partial charge on any atom is 0.213 e. The lowest BCUT2D eigenvalue weighted by molar-refractivity contribution is 0.398. The maximum atomic E-state index is 5.94. The SMILES string of the molecule is CCCc1nc(-c2cccc(OC)n2)nc(N)c1I. The fraction of sp³-hybridized carbons (Fsp3) is 0.308. The van der Waals surface area contributed by atoms with Crippen molar-refractivity contribution in [3.05, 3.63) is 27.5 Å². The molecule has 2 heterocycles. The number of aryl methyl sites for hydroxylation is 1. The Labute approximate surface area is 125 Å². The Balaban J connectivity index is 2.49. The van der Waals surface area contributed by atoms with Crippen molar-refractivity contribution in [2.24, 2.45) is 0 Å². The van der Waals surface area contributed by atoms with Gasteiger partial charge in [-0.1, -0.05) is 19.4 Å². The number of nitrogens with zero attached hydrogens (tertiary/aromatic N) is 3. The second kappa shape index (κ2) is 6.14. The molecule has 2 aromatic rings. The van der Waals surface area contributed by atoms with Crippen LogP contribution in [0.15, 0.2) is 18.2 Å². The Morgan fingerprint density at radius 1 is 1.26 bits per heavy atom. The van der Waals surface area contributed by atoms with E-state index < -0.39 is 0 Å². The number of aromatic nitrogens is 3. The smallest absolute Gasteiger partial charge is 0.213 e. The monoisotopic (exact) mass is 370 g/mol. The molecule has 0 spiro atoms. The molecule has 19 heavy (non-hydrogen) atoms. The summed E-state index contributed by atoms with van der Waals surface area (Å²) in [5.74, 6) is 1.58. The maximum absolute atomic E-state index is 5.94. The number of methoxy groups -OCH3 is 1. The molecule has 0 bridgehead atoms. The topological polar surface area (TPSA) is 73.9 Å². The third kappa shape index (κ3) is 3.12. The van der Waals surface area contributed by atoms with E-state index in [-0.39, 0.29) is 0 Å². The molecule has 0 unspecified atom stereocenters. The van der Waals surface area contributed by atoms with E-state index in [4.69, 9.17) is 10.5 Å². The van der Waals surface area contributed by atoms with E-state index in [9.17, 15) is 0 Å². The van der Waals surface area contributed by atoms with Gasteiger partial charge >= 0.3 is 0 Å². The van der Waals surface area contributed by atoms with Crippen molar-refractivity contribution in [2.75, 3.05) is 12.8 Å². The van der Waals surface area contributed by atoms with E-state index in [2.05, 4.69) is 44.5 Å². The Hall–Kier alpha value is -1.44. The Morgan fingerprint density at radius 2 is 2.05 bits per heavy atom. The third-order valence-electron chi connectivity index (χ3n) is 2.59. The van der Waals surface area contributed by atoms with Crippen LogP contribution in [-0.2, 0) is 6.42 Å². The summed E-state index contributed by atoms with van der Waals surface area (Å²) in [5.41, 5.74) is 7.58. The molecule has 0 amide bonds. The summed E-state index contributed by atoms with van der Waals surface area (Å²) in [6, 6.07) is 5.49. The minimum Gasteiger partial charge on any atom is -0.481 e. The number of nitrogens with two attached hydrogens (primary N) is 1. The summed E-state index contributed by atoms with van der Waals surface area (Å²) in [7, 11) is 1.58. The number of anilines is 1. The van der Waals surface area contributed by atoms with Crippen molar-refractivity contribution >= 4 is 28.4 Å². The first-order valence-corrected chi connectivity index (χ1v) is 7.07. The standard InChI is InChI=1S/C13H15IN4O/c1-3-5-8-11(14)12(15)18-13(17-8)9-6-4-7-10(16-9)19-2/h4,6-7H,3,5H2,1-2H3,(H2,15,17,18). The highest BCUT2D eigenvalue weighted by Crippen LogP contribution is 2.23. The summed E-state index contributed by atoms with van der Waals surface area (Å²) < 4.78 is 6.03. The summed E-state index contributed by atoms with van der Waals surface area (Å²) >= 11 is 2.18. The number of pyridine rings is 1. The number of hydrogen-bond acceptors (Lipinski definition) is 5. The van der Waals surface area contributed by atoms with Crippen LogP contribution in [0, 0.1) is 3.57 Å². The van der Waals surface area contributed by atoms with Gasteiger partial charge in [-0.15, -0.1) is 0 Å². The molecule has 0 saturated heterocycles. The molecule has 0 atom stereocenters. The molecule has 2 aromatic heterocycles. The second-order valence-corrected chi connectivity index (χ2v) is 5.09. The number of halogens is 1. The van der Waals surface area contributed by atoms with Gasteiger partial charge in [0.15, 0.2) is 5.82 Å². The average Bonchev–Trinajstić information content (AvgIpc) is 2.44. The lowest BCUT2D eigenvalue weighted by Gasteiger charge is -2.08. The number of rotatable bonds is 4. The van der Waals surface area contributed by atoms with E-state index in [1.165, 1.54) is 0 Å². The Morgan fingerprint density at radius 3 is 2.74 bits per heavy atom. The van der Waals surface area contributed by atoms with Crippen LogP contribution in [0.5, 0.6) is 5.88 Å². The minimum absolute atomic E-state index is 0.499. The zero-order valence-corrected chi connectivity index (χ0v) is 13.0. The quantitative estimate of drug-likeness (QED) is 0.838. The fourth-order valence-corrected chi connectivity index (χ4v) is 2.19. The lowest BCUT2D eigenvalue weighted by atomic mass is 10.2. The fourth-order valence-electron chi connectivity index (χ4n) is 1.68. The summed E-state index contributed by atoms with van der Waals surface area (Å²) in [6.07, 6.45) is 1.89. The number of nitrogen functional groups attached to an aromatic ring is 1. The summed E-state index contributed by atoms with van der Waals surface area (Å²) in [6.45, 7) is 2.11. The van der Waals surface area contributed by atoms with Crippen molar-refractivity contribution in [3.8, 4) is 17.4 Å². The van der Waals surface area contributed by atoms with Gasteiger partial charge in [0.25, 0.3) is 0 Å². The predicted octanol–water partition coefficient (Wildman–Crippen LogP) is 2.69. The van der Waals surface area contributed by atoms with Crippen molar-refractivity contribution in [1.82, 2.24) is 15.0 Å². The van der Waals surface area contributed by atoms with Crippen LogP contribution in [0.2, 0.25) is 0 Å². The van der Waals surface area contributed by atoms with Crippen LogP contribution in [0.3, 0.4) is 0 Å². The van der Waals surface area contributed by atoms with Gasteiger partial charge < -0.3 is 10.5 Å². The van der Waals surface area contributed by atoms with Crippen LogP contribution in [0.25, 0.3) is 11.5 Å². The second-order valence-electron chi connectivity index (χ2n) is 4.01. The van der Waals surface area contributed by atoms with Crippen LogP contribution >= 0.6 is 22.6 Å². The molecule has 0 aromatic carbocycles. The molecule has 0 saturated carbocycles. The van der Waals surface area contributed by atoms with Gasteiger partial charge in [-0.2, -0.15) is 0 Å². The third-order valence-corrected chi connectivity index (χ3v) is 3.77. The van der Waals surface area contributed by atoms with Gasteiger partial charge in [-0.25, -0.2) is 15.0 Å². The Kier molecular flexibility index (Phi) is 4.52. The molecule has 0 aliphatic carbocycles. The number of hydrogen-bond donors (Lipinski definition) is 1. The van der Waals surface area contributed by atoms with Gasteiger partial charge in [0.1, 0.15) is 11.5 Å².